The van der Waals surface area contributed by atoms with Crippen LogP contribution in [0.4, 0.5) is 0 Å². The number of rotatable bonds is 6. The second-order valence-electron chi connectivity index (χ2n) is 3.47. The summed E-state index contributed by atoms with van der Waals surface area (Å²) in [4.78, 5) is 23.5. The van der Waals surface area contributed by atoms with Crippen LogP contribution in [0.1, 0.15) is 20.7 Å². The van der Waals surface area contributed by atoms with Crippen molar-refractivity contribution in [2.45, 2.75) is 0 Å². The molecular weight excluding hydrogens is 458 g/mol. The lowest BCUT2D eigenvalue weighted by Crippen LogP contribution is -2.27. The molecule has 18 heavy (non-hydrogen) atoms. The van der Waals surface area contributed by atoms with Crippen molar-refractivity contribution in [3.05, 3.63) is 35.4 Å². The number of nitrogens with one attached hydrogen (secondary N) is 2. The van der Waals surface area contributed by atoms with Gasteiger partial charge in [-0.2, -0.15) is 0 Å². The van der Waals surface area contributed by atoms with E-state index in [1.807, 2.05) is 0 Å². The van der Waals surface area contributed by atoms with Gasteiger partial charge in [-0.25, -0.2) is 0 Å². The van der Waals surface area contributed by atoms with Gasteiger partial charge in [0.15, 0.2) is 0 Å². The van der Waals surface area contributed by atoms with Gasteiger partial charge in [-0.05, 0) is 18.2 Å². The predicted molar refractivity (Wildman–Crippen MR) is 88.9 cm³/mol. The van der Waals surface area contributed by atoms with Crippen LogP contribution in [0.3, 0.4) is 0 Å². The molecule has 0 saturated heterocycles. The van der Waals surface area contributed by atoms with Crippen LogP contribution in [0.5, 0.6) is 0 Å². The zero-order valence-electron chi connectivity index (χ0n) is 9.71. The van der Waals surface area contributed by atoms with E-state index < -0.39 is 0 Å². The molecule has 1 aromatic carbocycles. The fourth-order valence-electron chi connectivity index (χ4n) is 1.33. The molecule has 0 aliphatic carbocycles. The van der Waals surface area contributed by atoms with E-state index in [9.17, 15) is 9.59 Å². The van der Waals surface area contributed by atoms with Gasteiger partial charge >= 0.3 is 0 Å². The van der Waals surface area contributed by atoms with Crippen LogP contribution in [0.15, 0.2) is 24.3 Å². The van der Waals surface area contributed by atoms with Crippen molar-refractivity contribution in [3.63, 3.8) is 0 Å². The molecule has 0 aliphatic rings. The van der Waals surface area contributed by atoms with Gasteiger partial charge in [-0.3, -0.25) is 9.59 Å². The van der Waals surface area contributed by atoms with Crippen molar-refractivity contribution in [3.8, 4) is 0 Å². The smallest absolute Gasteiger partial charge is 0.251 e. The molecule has 0 saturated carbocycles. The van der Waals surface area contributed by atoms with Gasteiger partial charge < -0.3 is 10.6 Å². The predicted octanol–water partition coefficient (Wildman–Crippen LogP) is 2.02. The maximum Gasteiger partial charge on any atom is 0.251 e. The van der Waals surface area contributed by atoms with Gasteiger partial charge in [-0.1, -0.05) is 51.2 Å². The number of halogens is 2. The normalized spacial score (nSPS) is 9.89. The van der Waals surface area contributed by atoms with E-state index in [0.717, 1.165) is 8.86 Å². The van der Waals surface area contributed by atoms with E-state index in [0.29, 0.717) is 24.2 Å². The van der Waals surface area contributed by atoms with Gasteiger partial charge in [-0.15, -0.1) is 0 Å². The molecule has 0 radical (unpaired) electrons. The van der Waals surface area contributed by atoms with Gasteiger partial charge in [0.25, 0.3) is 11.8 Å². The Hall–Kier alpha value is -0.380. The van der Waals surface area contributed by atoms with Crippen molar-refractivity contribution in [2.24, 2.45) is 0 Å². The topological polar surface area (TPSA) is 58.2 Å². The average Bonchev–Trinajstić information content (AvgIpc) is 2.42. The summed E-state index contributed by atoms with van der Waals surface area (Å²) in [5.74, 6) is -0.287. The molecule has 6 heteroatoms. The monoisotopic (exact) mass is 472 g/mol. The second kappa shape index (κ2) is 8.68. The number of carbonyl (C=O) groups is 2. The van der Waals surface area contributed by atoms with Crippen LogP contribution in [-0.4, -0.2) is 33.8 Å². The molecule has 0 atom stereocenters. The Morgan fingerprint density at radius 1 is 0.944 bits per heavy atom. The largest absolute Gasteiger partial charge is 0.351 e. The van der Waals surface area contributed by atoms with Crippen LogP contribution in [0, 0.1) is 0 Å². The first-order chi connectivity index (χ1) is 8.69. The lowest BCUT2D eigenvalue weighted by Gasteiger charge is -2.06. The fraction of sp³-hybridized carbons (Fsp3) is 0.333. The third-order valence-electron chi connectivity index (χ3n) is 2.15. The van der Waals surface area contributed by atoms with E-state index in [4.69, 9.17) is 0 Å². The lowest BCUT2D eigenvalue weighted by molar-refractivity contribution is 0.0955. The minimum absolute atomic E-state index is 0.143. The van der Waals surface area contributed by atoms with Gasteiger partial charge in [0.2, 0.25) is 0 Å². The molecule has 0 bridgehead atoms. The third-order valence-corrected chi connectivity index (χ3v) is 3.23. The lowest BCUT2D eigenvalue weighted by atomic mass is 10.1. The SMILES string of the molecule is O=C(NCCI)c1cccc(C(=O)NCCI)c1. The molecule has 2 N–H and O–H groups in total. The molecule has 0 heterocycles. The van der Waals surface area contributed by atoms with E-state index in [1.54, 1.807) is 24.3 Å². The molecule has 0 fully saturated rings. The highest BCUT2D eigenvalue weighted by molar-refractivity contribution is 14.1. The molecule has 2 amide bonds. The molecule has 98 valence electrons. The molecule has 1 aromatic rings. The van der Waals surface area contributed by atoms with Crippen molar-refractivity contribution in [1.82, 2.24) is 10.6 Å². The van der Waals surface area contributed by atoms with E-state index in [1.165, 1.54) is 0 Å². The minimum atomic E-state index is -0.143. The van der Waals surface area contributed by atoms with Gasteiger partial charge in [0, 0.05) is 33.1 Å². The molecule has 4 nitrogen and oxygen atoms in total. The Kier molecular flexibility index (Phi) is 7.56. The summed E-state index contributed by atoms with van der Waals surface area (Å²) in [6, 6.07) is 6.75. The first-order valence-corrected chi connectivity index (χ1v) is 8.52. The molecular formula is C12H14I2N2O2. The van der Waals surface area contributed by atoms with Crippen LogP contribution in [0.25, 0.3) is 0 Å². The van der Waals surface area contributed by atoms with E-state index >= 15 is 0 Å². The Morgan fingerprint density at radius 3 is 1.78 bits per heavy atom. The highest BCUT2D eigenvalue weighted by Crippen LogP contribution is 2.05. The van der Waals surface area contributed by atoms with Crippen molar-refractivity contribution in [2.75, 3.05) is 21.9 Å². The summed E-state index contributed by atoms with van der Waals surface area (Å²) in [7, 11) is 0. The molecule has 0 aliphatic heterocycles. The van der Waals surface area contributed by atoms with Crippen molar-refractivity contribution < 1.29 is 9.59 Å². The number of benzene rings is 1. The minimum Gasteiger partial charge on any atom is -0.351 e. The van der Waals surface area contributed by atoms with Crippen LogP contribution in [-0.2, 0) is 0 Å². The van der Waals surface area contributed by atoms with Crippen molar-refractivity contribution >= 4 is 57.0 Å². The molecule has 0 spiro atoms. The Balaban J connectivity index is 2.72. The highest BCUT2D eigenvalue weighted by Gasteiger charge is 2.09. The average molecular weight is 472 g/mol. The maximum absolute atomic E-state index is 11.7. The standard InChI is InChI=1S/C12H14I2N2O2/c13-4-6-15-11(17)9-2-1-3-10(8-9)12(18)16-7-5-14/h1-3,8H,4-7H2,(H,15,17)(H,16,18). The number of hydrogen-bond acceptors (Lipinski definition) is 2. The maximum atomic E-state index is 11.7. The summed E-state index contributed by atoms with van der Waals surface area (Å²) in [5.41, 5.74) is 1.03. The summed E-state index contributed by atoms with van der Waals surface area (Å²) in [6.07, 6.45) is 0. The number of amides is 2. The third kappa shape index (κ3) is 5.09. The molecule has 0 aromatic heterocycles. The van der Waals surface area contributed by atoms with Gasteiger partial charge in [0.1, 0.15) is 0 Å². The summed E-state index contributed by atoms with van der Waals surface area (Å²) in [5, 5.41) is 5.56. The highest BCUT2D eigenvalue weighted by atomic mass is 127. The Bertz CT molecular complexity index is 389. The number of alkyl halides is 2. The zero-order valence-corrected chi connectivity index (χ0v) is 14.0. The van der Waals surface area contributed by atoms with E-state index in [2.05, 4.69) is 55.8 Å². The van der Waals surface area contributed by atoms with Crippen LogP contribution < -0.4 is 10.6 Å². The van der Waals surface area contributed by atoms with Gasteiger partial charge in [0.05, 0.1) is 0 Å². The molecule has 1 rings (SSSR count). The summed E-state index contributed by atoms with van der Waals surface area (Å²) >= 11 is 4.39. The number of hydrogen-bond donors (Lipinski definition) is 2. The Labute approximate surface area is 134 Å². The summed E-state index contributed by atoms with van der Waals surface area (Å²) in [6.45, 7) is 1.26. The molecule has 0 unspecified atom stereocenters. The fourth-order valence-corrected chi connectivity index (χ4v) is 1.87. The van der Waals surface area contributed by atoms with Crippen LogP contribution >= 0.6 is 45.2 Å². The zero-order chi connectivity index (χ0) is 13.4. The van der Waals surface area contributed by atoms with Crippen LogP contribution in [0.2, 0.25) is 0 Å². The van der Waals surface area contributed by atoms with E-state index in [-0.39, 0.29) is 11.8 Å². The quantitative estimate of drug-likeness (QED) is 0.492. The first kappa shape index (κ1) is 15.7. The summed E-state index contributed by atoms with van der Waals surface area (Å²) < 4.78 is 1.72. The Morgan fingerprint density at radius 2 is 1.39 bits per heavy atom. The number of carbonyl (C=O) groups excluding carboxylic acids is 2. The second-order valence-corrected chi connectivity index (χ2v) is 5.63. The van der Waals surface area contributed by atoms with Crippen molar-refractivity contribution in [1.29, 1.82) is 0 Å². The first-order valence-electron chi connectivity index (χ1n) is 5.47.